The molecule has 2 nitrogen and oxygen atoms in total. The first-order valence-electron chi connectivity index (χ1n) is 5.51. The third-order valence-electron chi connectivity index (χ3n) is 2.53. The summed E-state index contributed by atoms with van der Waals surface area (Å²) in [5.74, 6) is 0.0503. The summed E-state index contributed by atoms with van der Waals surface area (Å²) in [6.07, 6.45) is 1.65. The van der Waals surface area contributed by atoms with E-state index < -0.39 is 16.6 Å². The summed E-state index contributed by atoms with van der Waals surface area (Å²) >= 11 is 11.7. The van der Waals surface area contributed by atoms with E-state index >= 15 is 0 Å². The molecule has 6 heteroatoms. The van der Waals surface area contributed by atoms with Gasteiger partial charge in [-0.2, -0.15) is 0 Å². The maximum absolute atomic E-state index is 13.4. The molecule has 0 saturated heterocycles. The van der Waals surface area contributed by atoms with Gasteiger partial charge in [0.05, 0.1) is 5.02 Å². The van der Waals surface area contributed by atoms with E-state index in [4.69, 9.17) is 23.2 Å². The average molecular weight is 312 g/mol. The molecule has 1 aromatic carbocycles. The highest BCUT2D eigenvalue weighted by Gasteiger charge is 2.15. The smallest absolute Gasteiger partial charge is 0.142 e. The van der Waals surface area contributed by atoms with Gasteiger partial charge in [-0.1, -0.05) is 23.2 Å². The molecule has 3 unspecified atom stereocenters. The lowest BCUT2D eigenvalue weighted by atomic mass is 10.1. The van der Waals surface area contributed by atoms with Gasteiger partial charge in [0.2, 0.25) is 0 Å². The third kappa shape index (κ3) is 4.50. The van der Waals surface area contributed by atoms with Crippen LogP contribution >= 0.6 is 23.2 Å². The second-order valence-electron chi connectivity index (χ2n) is 4.32. The number of hydrogen-bond acceptors (Lipinski definition) is 2. The Morgan fingerprint density at radius 1 is 1.33 bits per heavy atom. The SMILES string of the molecule is CC(CS(C)=O)NC(C)c1cc(F)c(Cl)cc1Cl. The quantitative estimate of drug-likeness (QED) is 0.843. The van der Waals surface area contributed by atoms with Crippen LogP contribution in [0.25, 0.3) is 0 Å². The van der Waals surface area contributed by atoms with Crippen molar-refractivity contribution in [3.05, 3.63) is 33.6 Å². The summed E-state index contributed by atoms with van der Waals surface area (Å²) in [4.78, 5) is 0. The van der Waals surface area contributed by atoms with Crippen molar-refractivity contribution in [3.63, 3.8) is 0 Å². The number of rotatable bonds is 5. The summed E-state index contributed by atoms with van der Waals surface area (Å²) in [5.41, 5.74) is 0.646. The Morgan fingerprint density at radius 3 is 2.50 bits per heavy atom. The van der Waals surface area contributed by atoms with Crippen LogP contribution in [0.1, 0.15) is 25.5 Å². The van der Waals surface area contributed by atoms with Crippen molar-refractivity contribution in [2.45, 2.75) is 25.9 Å². The van der Waals surface area contributed by atoms with Crippen LogP contribution in [0.2, 0.25) is 10.0 Å². The van der Waals surface area contributed by atoms with E-state index in [9.17, 15) is 8.60 Å². The van der Waals surface area contributed by atoms with Crippen LogP contribution < -0.4 is 5.32 Å². The minimum absolute atomic E-state index is 0.0126. The summed E-state index contributed by atoms with van der Waals surface area (Å²) in [6, 6.07) is 2.65. The van der Waals surface area contributed by atoms with Crippen molar-refractivity contribution >= 4 is 34.0 Å². The number of halogens is 3. The highest BCUT2D eigenvalue weighted by molar-refractivity contribution is 7.84. The maximum Gasteiger partial charge on any atom is 0.142 e. The molecule has 0 radical (unpaired) electrons. The molecule has 0 bridgehead atoms. The zero-order valence-electron chi connectivity index (χ0n) is 10.5. The first kappa shape index (κ1) is 15.9. The fourth-order valence-electron chi connectivity index (χ4n) is 1.79. The molecule has 0 heterocycles. The van der Waals surface area contributed by atoms with Crippen molar-refractivity contribution in [1.29, 1.82) is 0 Å². The van der Waals surface area contributed by atoms with Gasteiger partial charge in [0.25, 0.3) is 0 Å². The van der Waals surface area contributed by atoms with Gasteiger partial charge in [0.1, 0.15) is 5.82 Å². The highest BCUT2D eigenvalue weighted by atomic mass is 35.5. The summed E-state index contributed by atoms with van der Waals surface area (Å²) < 4.78 is 24.5. The van der Waals surface area contributed by atoms with Crippen molar-refractivity contribution < 1.29 is 8.60 Å². The molecule has 18 heavy (non-hydrogen) atoms. The Balaban J connectivity index is 2.81. The van der Waals surface area contributed by atoms with Gasteiger partial charge < -0.3 is 5.32 Å². The number of nitrogens with one attached hydrogen (secondary N) is 1. The predicted molar refractivity (Wildman–Crippen MR) is 76.4 cm³/mol. The number of benzene rings is 1. The van der Waals surface area contributed by atoms with E-state index in [0.717, 1.165) is 0 Å². The minimum Gasteiger partial charge on any atom is -0.307 e. The van der Waals surface area contributed by atoms with Crippen molar-refractivity contribution in [2.75, 3.05) is 12.0 Å². The van der Waals surface area contributed by atoms with Gasteiger partial charge in [0, 0.05) is 39.9 Å². The van der Waals surface area contributed by atoms with E-state index in [2.05, 4.69) is 5.32 Å². The van der Waals surface area contributed by atoms with Gasteiger partial charge in [-0.3, -0.25) is 4.21 Å². The molecule has 0 fully saturated rings. The molecular weight excluding hydrogens is 296 g/mol. The molecule has 0 spiro atoms. The van der Waals surface area contributed by atoms with Crippen LogP contribution in [-0.4, -0.2) is 22.3 Å². The van der Waals surface area contributed by atoms with Crippen molar-refractivity contribution in [2.24, 2.45) is 0 Å². The van der Waals surface area contributed by atoms with Gasteiger partial charge in [0.15, 0.2) is 0 Å². The molecular formula is C12H16Cl2FNOS. The normalized spacial score (nSPS) is 16.3. The zero-order chi connectivity index (χ0) is 13.9. The van der Waals surface area contributed by atoms with Gasteiger partial charge in [-0.05, 0) is 31.5 Å². The zero-order valence-corrected chi connectivity index (χ0v) is 12.8. The lowest BCUT2D eigenvalue weighted by Crippen LogP contribution is -2.33. The maximum atomic E-state index is 13.4. The average Bonchev–Trinajstić information content (AvgIpc) is 2.21. The topological polar surface area (TPSA) is 29.1 Å². The largest absolute Gasteiger partial charge is 0.307 e. The highest BCUT2D eigenvalue weighted by Crippen LogP contribution is 2.28. The lowest BCUT2D eigenvalue weighted by molar-refractivity contribution is 0.505. The second-order valence-corrected chi connectivity index (χ2v) is 6.61. The fourth-order valence-corrected chi connectivity index (χ4v) is 3.13. The van der Waals surface area contributed by atoms with Gasteiger partial charge >= 0.3 is 0 Å². The van der Waals surface area contributed by atoms with E-state index in [1.54, 1.807) is 6.26 Å². The Hall–Kier alpha value is -0.160. The van der Waals surface area contributed by atoms with Crippen LogP contribution in [-0.2, 0) is 10.8 Å². The van der Waals surface area contributed by atoms with Crippen LogP contribution in [0.4, 0.5) is 4.39 Å². The molecule has 0 aliphatic carbocycles. The summed E-state index contributed by atoms with van der Waals surface area (Å²) in [7, 11) is -0.873. The van der Waals surface area contributed by atoms with Crippen LogP contribution in [0.5, 0.6) is 0 Å². The minimum atomic E-state index is -0.873. The van der Waals surface area contributed by atoms with Crippen LogP contribution in [0.3, 0.4) is 0 Å². The Morgan fingerprint density at radius 2 is 1.94 bits per heavy atom. The van der Waals surface area contributed by atoms with E-state index in [1.165, 1.54) is 12.1 Å². The molecule has 1 aromatic rings. The standard InChI is InChI=1S/C12H16Cl2FNOS/c1-7(6-18(3)17)16-8(2)9-4-12(15)11(14)5-10(9)13/h4-5,7-8,16H,6H2,1-3H3. The molecule has 0 saturated carbocycles. The molecule has 0 aliphatic rings. The first-order chi connectivity index (χ1) is 8.31. The summed E-state index contributed by atoms with van der Waals surface area (Å²) in [6.45, 7) is 3.81. The molecule has 3 atom stereocenters. The molecule has 1 N–H and O–H groups in total. The molecule has 0 aliphatic heterocycles. The summed E-state index contributed by atoms with van der Waals surface area (Å²) in [5, 5.41) is 3.66. The Bertz CT molecular complexity index is 456. The Labute approximate surface area is 119 Å². The van der Waals surface area contributed by atoms with Crippen molar-refractivity contribution in [3.8, 4) is 0 Å². The predicted octanol–water partition coefficient (Wildman–Crippen LogP) is 3.55. The van der Waals surface area contributed by atoms with E-state index in [1.807, 2.05) is 13.8 Å². The van der Waals surface area contributed by atoms with E-state index in [-0.39, 0.29) is 17.1 Å². The first-order valence-corrected chi connectivity index (χ1v) is 8.00. The van der Waals surface area contributed by atoms with Gasteiger partial charge in [-0.15, -0.1) is 0 Å². The third-order valence-corrected chi connectivity index (χ3v) is 4.11. The monoisotopic (exact) mass is 311 g/mol. The molecule has 102 valence electrons. The van der Waals surface area contributed by atoms with Gasteiger partial charge in [-0.25, -0.2) is 4.39 Å². The Kier molecular flexibility index (Phi) is 6.05. The van der Waals surface area contributed by atoms with Crippen molar-refractivity contribution in [1.82, 2.24) is 5.32 Å². The fraction of sp³-hybridized carbons (Fsp3) is 0.500. The van der Waals surface area contributed by atoms with Crippen LogP contribution in [0.15, 0.2) is 12.1 Å². The molecule has 0 amide bonds. The second kappa shape index (κ2) is 6.85. The van der Waals surface area contributed by atoms with Crippen LogP contribution in [0, 0.1) is 5.82 Å². The van der Waals surface area contributed by atoms with E-state index in [0.29, 0.717) is 16.3 Å². The lowest BCUT2D eigenvalue weighted by Gasteiger charge is -2.20. The number of hydrogen-bond donors (Lipinski definition) is 1. The molecule has 0 aromatic heterocycles. The molecule has 1 rings (SSSR count).